The van der Waals surface area contributed by atoms with Crippen molar-refractivity contribution < 1.29 is 14.1 Å². The van der Waals surface area contributed by atoms with Gasteiger partial charge in [-0.2, -0.15) is 0 Å². The number of ether oxygens (including phenoxy) is 1. The Morgan fingerprint density at radius 3 is 2.92 bits per heavy atom. The molecule has 1 aliphatic carbocycles. The molecular weight excluding hydrogens is 316 g/mol. The van der Waals surface area contributed by atoms with Crippen LogP contribution in [0.3, 0.4) is 0 Å². The van der Waals surface area contributed by atoms with Crippen molar-refractivity contribution in [1.82, 2.24) is 10.5 Å². The normalized spacial score (nSPS) is 20.1. The maximum Gasteiger partial charge on any atom is 0.223 e. The number of hydrogen-bond acceptors (Lipinski definition) is 4. The Morgan fingerprint density at radius 1 is 1.24 bits per heavy atom. The molecule has 2 heterocycles. The lowest BCUT2D eigenvalue weighted by molar-refractivity contribution is -0.126. The molecule has 2 aromatic rings. The van der Waals surface area contributed by atoms with E-state index in [-0.39, 0.29) is 17.9 Å². The number of nitrogens with one attached hydrogen (secondary N) is 1. The molecule has 1 atom stereocenters. The third kappa shape index (κ3) is 3.55. The van der Waals surface area contributed by atoms with Gasteiger partial charge in [-0.1, -0.05) is 24.4 Å². The van der Waals surface area contributed by atoms with E-state index < -0.39 is 0 Å². The molecule has 1 fully saturated rings. The Balaban J connectivity index is 1.39. The molecule has 0 spiro atoms. The van der Waals surface area contributed by atoms with Gasteiger partial charge in [0.1, 0.15) is 17.5 Å². The summed E-state index contributed by atoms with van der Waals surface area (Å²) in [7, 11) is 0. The average Bonchev–Trinajstić information content (AvgIpc) is 3.25. The fourth-order valence-corrected chi connectivity index (χ4v) is 3.79. The molecule has 5 heteroatoms. The summed E-state index contributed by atoms with van der Waals surface area (Å²) in [5, 5.41) is 7.10. The summed E-state index contributed by atoms with van der Waals surface area (Å²) >= 11 is 0. The van der Waals surface area contributed by atoms with Crippen LogP contribution in [-0.2, 0) is 17.8 Å². The number of hydrogen-bond donors (Lipinski definition) is 1. The van der Waals surface area contributed by atoms with Gasteiger partial charge in [0.05, 0.1) is 6.54 Å². The first-order valence-corrected chi connectivity index (χ1v) is 9.22. The van der Waals surface area contributed by atoms with Crippen molar-refractivity contribution in [2.45, 2.75) is 58.1 Å². The lowest BCUT2D eigenvalue weighted by Crippen LogP contribution is -2.31. The molecular formula is C20H24N2O3. The molecule has 0 radical (unpaired) electrons. The van der Waals surface area contributed by atoms with Gasteiger partial charge in [0.15, 0.2) is 5.76 Å². The molecule has 1 amide bonds. The highest BCUT2D eigenvalue weighted by Crippen LogP contribution is 2.33. The van der Waals surface area contributed by atoms with Crippen LogP contribution in [0.15, 0.2) is 28.8 Å². The van der Waals surface area contributed by atoms with E-state index in [2.05, 4.69) is 23.5 Å². The molecule has 1 aromatic carbocycles. The van der Waals surface area contributed by atoms with E-state index in [9.17, 15) is 4.79 Å². The number of nitrogens with zero attached hydrogens (tertiary/aromatic N) is 1. The zero-order valence-corrected chi connectivity index (χ0v) is 14.6. The smallest absolute Gasteiger partial charge is 0.223 e. The van der Waals surface area contributed by atoms with E-state index in [4.69, 9.17) is 9.26 Å². The maximum absolute atomic E-state index is 12.2. The Morgan fingerprint density at radius 2 is 2.08 bits per heavy atom. The van der Waals surface area contributed by atoms with E-state index in [1.54, 1.807) is 0 Å². The summed E-state index contributed by atoms with van der Waals surface area (Å²) in [5.74, 6) is 1.99. The Labute approximate surface area is 147 Å². The van der Waals surface area contributed by atoms with Crippen molar-refractivity contribution in [2.24, 2.45) is 5.92 Å². The largest absolute Gasteiger partial charge is 0.490 e. The van der Waals surface area contributed by atoms with Crippen molar-refractivity contribution in [3.63, 3.8) is 0 Å². The van der Waals surface area contributed by atoms with Crippen LogP contribution in [0.4, 0.5) is 0 Å². The van der Waals surface area contributed by atoms with Crippen molar-refractivity contribution in [2.75, 3.05) is 0 Å². The molecule has 1 aromatic heterocycles. The summed E-state index contributed by atoms with van der Waals surface area (Å²) in [6.45, 7) is 2.49. The highest BCUT2D eigenvalue weighted by Gasteiger charge is 2.22. The summed E-state index contributed by atoms with van der Waals surface area (Å²) in [5.41, 5.74) is 2.95. The Hall–Kier alpha value is -2.30. The predicted molar refractivity (Wildman–Crippen MR) is 94.2 cm³/mol. The van der Waals surface area contributed by atoms with E-state index in [0.29, 0.717) is 6.54 Å². The lowest BCUT2D eigenvalue weighted by Gasteiger charge is -2.20. The van der Waals surface area contributed by atoms with Crippen LogP contribution in [0, 0.1) is 5.92 Å². The molecule has 2 aliphatic rings. The van der Waals surface area contributed by atoms with Gasteiger partial charge < -0.3 is 14.6 Å². The van der Waals surface area contributed by atoms with Gasteiger partial charge in [-0.3, -0.25) is 4.79 Å². The predicted octanol–water partition coefficient (Wildman–Crippen LogP) is 3.86. The second-order valence-electron chi connectivity index (χ2n) is 7.19. The SMILES string of the molecule is CC1Cc2cc(-c3cc(CNC(=O)C4CCCCC4)no3)ccc2O1. The van der Waals surface area contributed by atoms with E-state index in [0.717, 1.165) is 54.9 Å². The molecule has 0 saturated heterocycles. The molecule has 1 unspecified atom stereocenters. The third-order valence-corrected chi connectivity index (χ3v) is 5.16. The van der Waals surface area contributed by atoms with Gasteiger partial charge in [-0.15, -0.1) is 0 Å². The number of carbonyl (C=O) groups is 1. The van der Waals surface area contributed by atoms with E-state index >= 15 is 0 Å². The van der Waals surface area contributed by atoms with Crippen molar-refractivity contribution in [1.29, 1.82) is 0 Å². The van der Waals surface area contributed by atoms with E-state index in [1.807, 2.05) is 18.2 Å². The second-order valence-corrected chi connectivity index (χ2v) is 7.19. The highest BCUT2D eigenvalue weighted by molar-refractivity contribution is 5.78. The van der Waals surface area contributed by atoms with Crippen molar-refractivity contribution in [3.05, 3.63) is 35.5 Å². The molecule has 1 aliphatic heterocycles. The summed E-state index contributed by atoms with van der Waals surface area (Å²) in [6, 6.07) is 7.98. The number of carbonyl (C=O) groups excluding carboxylic acids is 1. The van der Waals surface area contributed by atoms with Gasteiger partial charge in [0.2, 0.25) is 5.91 Å². The van der Waals surface area contributed by atoms with Crippen LogP contribution in [-0.4, -0.2) is 17.2 Å². The summed E-state index contributed by atoms with van der Waals surface area (Å²) in [6.07, 6.45) is 6.73. The molecule has 25 heavy (non-hydrogen) atoms. The molecule has 1 N–H and O–H groups in total. The topological polar surface area (TPSA) is 64.4 Å². The first-order valence-electron chi connectivity index (χ1n) is 9.22. The fraction of sp³-hybridized carbons (Fsp3) is 0.500. The first-order chi connectivity index (χ1) is 12.2. The second kappa shape index (κ2) is 6.90. The van der Waals surface area contributed by atoms with Gasteiger partial charge in [0, 0.05) is 24.0 Å². The Bertz CT molecular complexity index is 762. The molecule has 132 valence electrons. The number of aromatic nitrogens is 1. The quantitative estimate of drug-likeness (QED) is 0.918. The zero-order valence-electron chi connectivity index (χ0n) is 14.6. The van der Waals surface area contributed by atoms with Crippen LogP contribution in [0.2, 0.25) is 0 Å². The van der Waals surface area contributed by atoms with Crippen molar-refractivity contribution in [3.8, 4) is 17.1 Å². The number of fused-ring (bicyclic) bond motifs is 1. The van der Waals surface area contributed by atoms with Gasteiger partial charge in [-0.05, 0) is 43.5 Å². The van der Waals surface area contributed by atoms with Crippen molar-refractivity contribution >= 4 is 5.91 Å². The van der Waals surface area contributed by atoms with Crippen LogP contribution in [0.25, 0.3) is 11.3 Å². The molecule has 4 rings (SSSR count). The van der Waals surface area contributed by atoms with Gasteiger partial charge >= 0.3 is 0 Å². The van der Waals surface area contributed by atoms with E-state index in [1.165, 1.54) is 12.0 Å². The summed E-state index contributed by atoms with van der Waals surface area (Å²) < 4.78 is 11.2. The average molecular weight is 340 g/mol. The summed E-state index contributed by atoms with van der Waals surface area (Å²) in [4.78, 5) is 12.2. The fourth-order valence-electron chi connectivity index (χ4n) is 3.79. The molecule has 5 nitrogen and oxygen atoms in total. The van der Waals surface area contributed by atoms with Gasteiger partial charge in [0.25, 0.3) is 0 Å². The van der Waals surface area contributed by atoms with Crippen LogP contribution in [0.1, 0.15) is 50.3 Å². The minimum absolute atomic E-state index is 0.146. The van der Waals surface area contributed by atoms with Crippen LogP contribution >= 0.6 is 0 Å². The molecule has 0 bridgehead atoms. The van der Waals surface area contributed by atoms with Crippen LogP contribution < -0.4 is 10.1 Å². The highest BCUT2D eigenvalue weighted by atomic mass is 16.5. The number of amides is 1. The minimum atomic E-state index is 0.146. The van der Waals surface area contributed by atoms with Gasteiger partial charge in [-0.25, -0.2) is 0 Å². The molecule has 1 saturated carbocycles. The third-order valence-electron chi connectivity index (χ3n) is 5.16. The number of benzene rings is 1. The standard InChI is InChI=1S/C20H24N2O3/c1-13-9-16-10-15(7-8-18(16)24-13)19-11-17(22-25-19)12-21-20(23)14-5-3-2-4-6-14/h7-8,10-11,13-14H,2-6,9,12H2,1H3,(H,21,23). The lowest BCUT2D eigenvalue weighted by atomic mass is 9.89. The monoisotopic (exact) mass is 340 g/mol. The zero-order chi connectivity index (χ0) is 17.2. The maximum atomic E-state index is 12.2. The Kier molecular flexibility index (Phi) is 4.47. The minimum Gasteiger partial charge on any atom is -0.490 e. The first kappa shape index (κ1) is 16.2. The van der Waals surface area contributed by atoms with Crippen LogP contribution in [0.5, 0.6) is 5.75 Å². The number of rotatable bonds is 4.